The second-order valence-electron chi connectivity index (χ2n) is 10.5. The lowest BCUT2D eigenvalue weighted by molar-refractivity contribution is 0.488. The molecule has 0 spiro atoms. The number of benzene rings is 6. The molecule has 7 aromatic rings. The molecule has 4 heterocycles. The van der Waals surface area contributed by atoms with Crippen LogP contribution in [0.25, 0.3) is 38.3 Å². The maximum atomic E-state index is 6.68. The normalized spacial score (nSPS) is 13.9. The van der Waals surface area contributed by atoms with Gasteiger partial charge in [-0.25, -0.2) is 0 Å². The molecule has 0 fully saturated rings. The quantitative estimate of drug-likeness (QED) is 0.257. The predicted molar refractivity (Wildman–Crippen MR) is 158 cm³/mol. The average Bonchev–Trinajstić information content (AvgIpc) is 3.33. The molecule has 3 aliphatic heterocycles. The fourth-order valence-corrected chi connectivity index (χ4v) is 7.39. The van der Waals surface area contributed by atoms with E-state index in [-0.39, 0.29) is 6.71 Å². The van der Waals surface area contributed by atoms with Crippen LogP contribution in [-0.4, -0.2) is 11.3 Å². The summed E-state index contributed by atoms with van der Waals surface area (Å²) in [6.07, 6.45) is 0. The van der Waals surface area contributed by atoms with Gasteiger partial charge in [0.2, 0.25) is 0 Å². The molecule has 38 heavy (non-hydrogen) atoms. The summed E-state index contributed by atoms with van der Waals surface area (Å²) < 4.78 is 9.12. The molecule has 0 saturated heterocycles. The summed E-state index contributed by atoms with van der Waals surface area (Å²) in [5.74, 6) is 1.94. The number of para-hydroxylation sites is 2. The van der Waals surface area contributed by atoms with E-state index in [0.29, 0.717) is 0 Å². The number of anilines is 3. The van der Waals surface area contributed by atoms with Gasteiger partial charge in [-0.1, -0.05) is 54.6 Å². The molecule has 3 nitrogen and oxygen atoms in total. The van der Waals surface area contributed by atoms with Crippen molar-refractivity contribution in [1.82, 2.24) is 4.57 Å². The second kappa shape index (κ2) is 6.48. The zero-order valence-corrected chi connectivity index (χ0v) is 20.3. The second-order valence-corrected chi connectivity index (χ2v) is 10.5. The van der Waals surface area contributed by atoms with Gasteiger partial charge in [0.1, 0.15) is 11.5 Å². The monoisotopic (exact) mass is 482 g/mol. The third-order valence-corrected chi connectivity index (χ3v) is 8.74. The molecule has 3 aliphatic rings. The van der Waals surface area contributed by atoms with Crippen molar-refractivity contribution in [3.63, 3.8) is 0 Å². The Bertz CT molecular complexity index is 2170. The van der Waals surface area contributed by atoms with Crippen LogP contribution in [0.5, 0.6) is 11.5 Å². The van der Waals surface area contributed by atoms with Gasteiger partial charge in [0, 0.05) is 33.5 Å². The molecule has 10 rings (SSSR count). The molecule has 0 saturated carbocycles. The largest absolute Gasteiger partial charge is 0.458 e. The summed E-state index contributed by atoms with van der Waals surface area (Å²) in [6.45, 7) is 0.136. The first-order valence-corrected chi connectivity index (χ1v) is 13.2. The van der Waals surface area contributed by atoms with Crippen molar-refractivity contribution in [2.75, 3.05) is 4.90 Å². The van der Waals surface area contributed by atoms with Gasteiger partial charge in [-0.15, -0.1) is 0 Å². The van der Waals surface area contributed by atoms with Crippen molar-refractivity contribution in [3.05, 3.63) is 115 Å². The summed E-state index contributed by atoms with van der Waals surface area (Å²) in [7, 11) is 0. The van der Waals surface area contributed by atoms with Gasteiger partial charge in [0.05, 0.1) is 11.0 Å². The zero-order valence-electron chi connectivity index (χ0n) is 20.3. The van der Waals surface area contributed by atoms with E-state index < -0.39 is 0 Å². The number of rotatable bonds is 2. The third kappa shape index (κ3) is 2.08. The van der Waals surface area contributed by atoms with Crippen LogP contribution in [0.15, 0.2) is 115 Å². The van der Waals surface area contributed by atoms with Gasteiger partial charge in [0.25, 0.3) is 6.71 Å². The minimum absolute atomic E-state index is 0.136. The number of hydrogen-bond acceptors (Lipinski definition) is 2. The Balaban J connectivity index is 1.48. The van der Waals surface area contributed by atoms with Crippen molar-refractivity contribution in [1.29, 1.82) is 0 Å². The van der Waals surface area contributed by atoms with Crippen LogP contribution in [0.4, 0.5) is 17.1 Å². The molecule has 6 aromatic carbocycles. The van der Waals surface area contributed by atoms with E-state index in [1.807, 2.05) is 0 Å². The molecule has 174 valence electrons. The smallest absolute Gasteiger partial charge is 0.258 e. The van der Waals surface area contributed by atoms with E-state index in [1.165, 1.54) is 66.0 Å². The minimum Gasteiger partial charge on any atom is -0.458 e. The van der Waals surface area contributed by atoms with Crippen LogP contribution < -0.4 is 26.0 Å². The summed E-state index contributed by atoms with van der Waals surface area (Å²) in [6, 6.07) is 41.6. The van der Waals surface area contributed by atoms with Gasteiger partial charge < -0.3 is 14.2 Å². The predicted octanol–water partition coefficient (Wildman–Crippen LogP) is 6.66. The Morgan fingerprint density at radius 3 is 2.00 bits per heavy atom. The van der Waals surface area contributed by atoms with Crippen LogP contribution in [0.1, 0.15) is 0 Å². The molecule has 0 aliphatic carbocycles. The van der Waals surface area contributed by atoms with Gasteiger partial charge >= 0.3 is 0 Å². The maximum absolute atomic E-state index is 6.68. The van der Waals surface area contributed by atoms with Crippen LogP contribution in [-0.2, 0) is 0 Å². The molecule has 0 atom stereocenters. The first kappa shape index (κ1) is 19.2. The molecule has 0 N–H and O–H groups in total. The topological polar surface area (TPSA) is 17.4 Å². The van der Waals surface area contributed by atoms with Crippen LogP contribution in [0.2, 0.25) is 0 Å². The Kier molecular flexibility index (Phi) is 3.27. The highest BCUT2D eigenvalue weighted by Crippen LogP contribution is 2.47. The van der Waals surface area contributed by atoms with E-state index in [9.17, 15) is 0 Å². The molecular weight excluding hydrogens is 463 g/mol. The Hall–Kier alpha value is -4.96. The number of nitrogens with zero attached hydrogens (tertiary/aromatic N) is 2. The van der Waals surface area contributed by atoms with Crippen molar-refractivity contribution in [2.45, 2.75) is 0 Å². The summed E-state index contributed by atoms with van der Waals surface area (Å²) >= 11 is 0. The van der Waals surface area contributed by atoms with Gasteiger partial charge in [-0.05, 0) is 87.8 Å². The van der Waals surface area contributed by atoms with E-state index in [1.54, 1.807) is 0 Å². The van der Waals surface area contributed by atoms with Crippen molar-refractivity contribution in [2.24, 2.45) is 0 Å². The molecule has 0 unspecified atom stereocenters. The van der Waals surface area contributed by atoms with Gasteiger partial charge in [0.15, 0.2) is 0 Å². The number of aromatic nitrogens is 1. The van der Waals surface area contributed by atoms with Crippen LogP contribution in [0.3, 0.4) is 0 Å². The lowest BCUT2D eigenvalue weighted by Crippen LogP contribution is -2.60. The molecule has 4 heteroatoms. The Labute approximate surface area is 219 Å². The summed E-state index contributed by atoms with van der Waals surface area (Å²) in [5, 5.41) is 5.31. The number of hydrogen-bond donors (Lipinski definition) is 0. The lowest BCUT2D eigenvalue weighted by Gasteiger charge is -2.41. The highest BCUT2D eigenvalue weighted by molar-refractivity contribution is 7.03. The first-order chi connectivity index (χ1) is 18.9. The molecule has 0 radical (unpaired) electrons. The van der Waals surface area contributed by atoms with E-state index >= 15 is 0 Å². The first-order valence-electron chi connectivity index (χ1n) is 13.2. The van der Waals surface area contributed by atoms with E-state index in [4.69, 9.17) is 4.74 Å². The maximum Gasteiger partial charge on any atom is 0.258 e. The fourth-order valence-electron chi connectivity index (χ4n) is 7.39. The molecular formula is C34H19BN2O. The Morgan fingerprint density at radius 2 is 1.16 bits per heavy atom. The van der Waals surface area contributed by atoms with E-state index in [0.717, 1.165) is 17.2 Å². The highest BCUT2D eigenvalue weighted by Gasteiger charge is 2.46. The number of ether oxygens (including phenoxy) is 1. The standard InChI is InChI=1S/C34H19BN2O/c1-3-8-21(9-4-1)36-23-16-14-20-15-19-28-34-29(20)30(23)31-24(36)17-18-26-33(31)35(34)32-25(12-7-13-27(32)38-28)37(26)22-10-5-2-6-11-22/h1-19H. The average molecular weight is 482 g/mol. The van der Waals surface area contributed by atoms with E-state index in [2.05, 4.69) is 125 Å². The third-order valence-electron chi connectivity index (χ3n) is 8.74. The molecule has 1 aromatic heterocycles. The minimum atomic E-state index is 0.136. The van der Waals surface area contributed by atoms with Gasteiger partial charge in [-0.3, -0.25) is 0 Å². The summed E-state index contributed by atoms with van der Waals surface area (Å²) in [4.78, 5) is 2.43. The summed E-state index contributed by atoms with van der Waals surface area (Å²) in [5.41, 5.74) is 11.3. The van der Waals surface area contributed by atoms with Crippen molar-refractivity contribution in [3.8, 4) is 17.2 Å². The van der Waals surface area contributed by atoms with Crippen molar-refractivity contribution < 1.29 is 4.74 Å². The fraction of sp³-hybridized carbons (Fsp3) is 0. The zero-order chi connectivity index (χ0) is 24.5. The molecule has 0 bridgehead atoms. The SMILES string of the molecule is c1ccc(N2c3cccc4c3B3c5c(ccc6ccc7c(c56)c5c3c2ccc5n7-c2ccccc2)O4)cc1. The molecule has 0 amide bonds. The van der Waals surface area contributed by atoms with Crippen LogP contribution >= 0.6 is 0 Å². The van der Waals surface area contributed by atoms with Crippen molar-refractivity contribution >= 4 is 72.7 Å². The van der Waals surface area contributed by atoms with Crippen LogP contribution in [0, 0.1) is 0 Å². The van der Waals surface area contributed by atoms with Gasteiger partial charge in [-0.2, -0.15) is 0 Å². The Morgan fingerprint density at radius 1 is 0.474 bits per heavy atom. The lowest BCUT2D eigenvalue weighted by atomic mass is 9.32. The highest BCUT2D eigenvalue weighted by atomic mass is 16.5.